The molecule has 20 heavy (non-hydrogen) atoms. The predicted molar refractivity (Wildman–Crippen MR) is 69.7 cm³/mol. The van der Waals surface area contributed by atoms with Crippen LogP contribution in [-0.4, -0.2) is 36.7 Å². The van der Waals surface area contributed by atoms with E-state index >= 15 is 0 Å². The zero-order valence-corrected chi connectivity index (χ0v) is 11.9. The van der Waals surface area contributed by atoms with Crippen molar-refractivity contribution in [2.24, 2.45) is 0 Å². The van der Waals surface area contributed by atoms with E-state index in [4.69, 9.17) is 4.74 Å². The lowest BCUT2D eigenvalue weighted by Crippen LogP contribution is -2.31. The molecule has 112 valence electrons. The molecule has 0 heterocycles. The first-order valence-electron chi connectivity index (χ1n) is 6.52. The highest BCUT2D eigenvalue weighted by Crippen LogP contribution is 2.32. The zero-order valence-electron chi connectivity index (χ0n) is 11.9. The Morgan fingerprint density at radius 2 is 1.60 bits per heavy atom. The van der Waals surface area contributed by atoms with Crippen molar-refractivity contribution in [3.63, 3.8) is 0 Å². The lowest BCUT2D eigenvalue weighted by Gasteiger charge is -2.23. The van der Waals surface area contributed by atoms with Gasteiger partial charge in [-0.2, -0.15) is 0 Å². The lowest BCUT2D eigenvalue weighted by atomic mass is 10.1. The summed E-state index contributed by atoms with van der Waals surface area (Å²) in [5.41, 5.74) is -0.262. The van der Waals surface area contributed by atoms with Crippen LogP contribution in [-0.2, 0) is 28.6 Å². The average Bonchev–Trinajstić information content (AvgIpc) is 2.79. The van der Waals surface area contributed by atoms with Crippen LogP contribution in [0, 0.1) is 0 Å². The van der Waals surface area contributed by atoms with Gasteiger partial charge < -0.3 is 14.2 Å². The Labute approximate surface area is 118 Å². The Hall–Kier alpha value is -1.85. The zero-order chi connectivity index (χ0) is 15.2. The molecule has 0 bridgehead atoms. The molecule has 0 saturated heterocycles. The van der Waals surface area contributed by atoms with Gasteiger partial charge in [0, 0.05) is 5.57 Å². The summed E-state index contributed by atoms with van der Waals surface area (Å²) in [4.78, 5) is 33.8. The summed E-state index contributed by atoms with van der Waals surface area (Å²) in [6, 6.07) is 0. The molecular formula is C14H20O6. The topological polar surface area (TPSA) is 78.9 Å². The molecule has 0 aliphatic heterocycles. The van der Waals surface area contributed by atoms with Gasteiger partial charge in [-0.1, -0.05) is 6.58 Å². The molecule has 0 aromatic heterocycles. The van der Waals surface area contributed by atoms with Gasteiger partial charge in [-0.25, -0.2) is 14.4 Å². The van der Waals surface area contributed by atoms with Crippen molar-refractivity contribution in [3.05, 3.63) is 12.2 Å². The normalized spacial score (nSPS) is 16.3. The molecule has 0 spiro atoms. The van der Waals surface area contributed by atoms with Crippen molar-refractivity contribution in [1.82, 2.24) is 0 Å². The molecule has 1 rings (SSSR count). The number of esters is 3. The summed E-state index contributed by atoms with van der Waals surface area (Å²) in [5.74, 6) is -2.06. The quantitative estimate of drug-likeness (QED) is 0.418. The van der Waals surface area contributed by atoms with Crippen LogP contribution < -0.4 is 0 Å². The SMILES string of the molecule is C=C(C)C(=O)OCC(=O)OCC(=O)OC1(C)CCCC1. The summed E-state index contributed by atoms with van der Waals surface area (Å²) >= 11 is 0. The third-order valence-corrected chi connectivity index (χ3v) is 3.04. The fraction of sp³-hybridized carbons (Fsp3) is 0.643. The molecule has 0 aromatic carbocycles. The van der Waals surface area contributed by atoms with Crippen molar-refractivity contribution in [3.8, 4) is 0 Å². The summed E-state index contributed by atoms with van der Waals surface area (Å²) in [7, 11) is 0. The molecule has 1 aliphatic rings. The Kier molecular flexibility index (Phi) is 5.73. The molecule has 6 heteroatoms. The molecule has 6 nitrogen and oxygen atoms in total. The van der Waals surface area contributed by atoms with E-state index in [0.29, 0.717) is 0 Å². The van der Waals surface area contributed by atoms with E-state index in [1.54, 1.807) is 0 Å². The Bertz CT molecular complexity index is 406. The number of hydrogen-bond acceptors (Lipinski definition) is 6. The van der Waals surface area contributed by atoms with Gasteiger partial charge in [0.2, 0.25) is 0 Å². The fourth-order valence-corrected chi connectivity index (χ4v) is 1.96. The molecular weight excluding hydrogens is 264 g/mol. The Morgan fingerprint density at radius 3 is 2.15 bits per heavy atom. The van der Waals surface area contributed by atoms with E-state index in [1.807, 2.05) is 6.92 Å². The molecule has 0 unspecified atom stereocenters. The van der Waals surface area contributed by atoms with Gasteiger partial charge in [0.1, 0.15) is 5.60 Å². The van der Waals surface area contributed by atoms with E-state index in [9.17, 15) is 14.4 Å². The third-order valence-electron chi connectivity index (χ3n) is 3.04. The van der Waals surface area contributed by atoms with Crippen molar-refractivity contribution in [1.29, 1.82) is 0 Å². The van der Waals surface area contributed by atoms with Crippen molar-refractivity contribution >= 4 is 17.9 Å². The van der Waals surface area contributed by atoms with Gasteiger partial charge in [0.15, 0.2) is 13.2 Å². The van der Waals surface area contributed by atoms with Crippen LogP contribution in [0.2, 0.25) is 0 Å². The second kappa shape index (κ2) is 7.07. The van der Waals surface area contributed by atoms with Crippen LogP contribution in [0.3, 0.4) is 0 Å². The summed E-state index contributed by atoms with van der Waals surface area (Å²) in [5, 5.41) is 0. The first kappa shape index (κ1) is 16.2. The number of hydrogen-bond donors (Lipinski definition) is 0. The average molecular weight is 284 g/mol. The van der Waals surface area contributed by atoms with E-state index in [0.717, 1.165) is 25.7 Å². The minimum Gasteiger partial charge on any atom is -0.457 e. The molecule has 1 aliphatic carbocycles. The summed E-state index contributed by atoms with van der Waals surface area (Å²) < 4.78 is 14.5. The van der Waals surface area contributed by atoms with Crippen LogP contribution in [0.5, 0.6) is 0 Å². The molecule has 1 saturated carbocycles. The molecule has 0 aromatic rings. The van der Waals surface area contributed by atoms with Gasteiger partial charge in [0.25, 0.3) is 0 Å². The summed E-state index contributed by atoms with van der Waals surface area (Å²) in [6.07, 6.45) is 3.70. The molecule has 1 fully saturated rings. The maximum absolute atomic E-state index is 11.5. The Morgan fingerprint density at radius 1 is 1.05 bits per heavy atom. The van der Waals surface area contributed by atoms with Crippen LogP contribution in [0.15, 0.2) is 12.2 Å². The number of ether oxygens (including phenoxy) is 3. The highest BCUT2D eigenvalue weighted by atomic mass is 16.6. The van der Waals surface area contributed by atoms with Gasteiger partial charge in [0.05, 0.1) is 0 Å². The second-order valence-corrected chi connectivity index (χ2v) is 5.15. The highest BCUT2D eigenvalue weighted by molar-refractivity contribution is 5.88. The summed E-state index contributed by atoms with van der Waals surface area (Å²) in [6.45, 7) is 5.69. The van der Waals surface area contributed by atoms with Gasteiger partial charge >= 0.3 is 17.9 Å². The smallest absolute Gasteiger partial charge is 0.344 e. The van der Waals surface area contributed by atoms with Gasteiger partial charge in [-0.15, -0.1) is 0 Å². The van der Waals surface area contributed by atoms with Crippen LogP contribution in [0.4, 0.5) is 0 Å². The fourth-order valence-electron chi connectivity index (χ4n) is 1.96. The van der Waals surface area contributed by atoms with E-state index < -0.39 is 36.7 Å². The largest absolute Gasteiger partial charge is 0.457 e. The number of rotatable bonds is 6. The van der Waals surface area contributed by atoms with Crippen molar-refractivity contribution in [2.45, 2.75) is 45.1 Å². The monoisotopic (exact) mass is 284 g/mol. The number of carbonyl (C=O) groups is 3. The molecule has 0 atom stereocenters. The maximum Gasteiger partial charge on any atom is 0.344 e. The third kappa shape index (κ3) is 5.42. The first-order chi connectivity index (χ1) is 9.32. The lowest BCUT2D eigenvalue weighted by molar-refractivity contribution is -0.171. The van der Waals surface area contributed by atoms with Crippen molar-refractivity contribution in [2.75, 3.05) is 13.2 Å². The predicted octanol–water partition coefficient (Wildman–Crippen LogP) is 1.52. The van der Waals surface area contributed by atoms with Crippen LogP contribution in [0.1, 0.15) is 39.5 Å². The molecule has 0 N–H and O–H groups in total. The first-order valence-corrected chi connectivity index (χ1v) is 6.52. The second-order valence-electron chi connectivity index (χ2n) is 5.15. The van der Waals surface area contributed by atoms with Crippen LogP contribution in [0.25, 0.3) is 0 Å². The molecule has 0 radical (unpaired) electrons. The minimum absolute atomic E-state index is 0.186. The maximum atomic E-state index is 11.5. The van der Waals surface area contributed by atoms with Crippen molar-refractivity contribution < 1.29 is 28.6 Å². The highest BCUT2D eigenvalue weighted by Gasteiger charge is 2.32. The molecule has 0 amide bonds. The van der Waals surface area contributed by atoms with E-state index in [2.05, 4.69) is 16.1 Å². The van der Waals surface area contributed by atoms with E-state index in [1.165, 1.54) is 6.92 Å². The Balaban J connectivity index is 2.22. The van der Waals surface area contributed by atoms with Crippen LogP contribution >= 0.6 is 0 Å². The van der Waals surface area contributed by atoms with Gasteiger partial charge in [-0.05, 0) is 39.5 Å². The number of carbonyl (C=O) groups excluding carboxylic acids is 3. The standard InChI is InChI=1S/C14H20O6/c1-10(2)13(17)19-8-11(15)18-9-12(16)20-14(3)6-4-5-7-14/h1,4-9H2,2-3H3. The van der Waals surface area contributed by atoms with Gasteiger partial charge in [-0.3, -0.25) is 0 Å². The minimum atomic E-state index is -0.798. The van der Waals surface area contributed by atoms with E-state index in [-0.39, 0.29) is 5.57 Å².